The van der Waals surface area contributed by atoms with Gasteiger partial charge in [-0.15, -0.1) is 11.3 Å². The molecule has 3 aromatic heterocycles. The third-order valence-electron chi connectivity index (χ3n) is 3.45. The van der Waals surface area contributed by atoms with E-state index < -0.39 is 0 Å². The maximum Gasteiger partial charge on any atom is 0.272 e. The summed E-state index contributed by atoms with van der Waals surface area (Å²) in [6.07, 6.45) is 1.75. The average Bonchev–Trinajstić information content (AvgIpc) is 3.14. The van der Waals surface area contributed by atoms with Crippen molar-refractivity contribution >= 4 is 17.0 Å². The summed E-state index contributed by atoms with van der Waals surface area (Å²) in [6.45, 7) is 1.83. The Kier molecular flexibility index (Phi) is 2.90. The van der Waals surface area contributed by atoms with Gasteiger partial charge in [0.05, 0.1) is 5.56 Å². The summed E-state index contributed by atoms with van der Waals surface area (Å²) >= 11 is 1.52. The third kappa shape index (κ3) is 1.96. The highest BCUT2D eigenvalue weighted by Gasteiger charge is 2.19. The summed E-state index contributed by atoms with van der Waals surface area (Å²) < 4.78 is 1.48. The minimum atomic E-state index is -0.123. The van der Waals surface area contributed by atoms with E-state index in [0.717, 1.165) is 21.8 Å². The number of hydrogen-bond donors (Lipinski definition) is 1. The van der Waals surface area contributed by atoms with E-state index >= 15 is 0 Å². The molecule has 0 saturated carbocycles. The Bertz CT molecular complexity index is 1000. The van der Waals surface area contributed by atoms with Crippen LogP contribution in [0.4, 0.5) is 0 Å². The molecule has 0 aliphatic carbocycles. The Morgan fingerprint density at radius 2 is 2.05 bits per heavy atom. The molecule has 22 heavy (non-hydrogen) atoms. The van der Waals surface area contributed by atoms with Gasteiger partial charge >= 0.3 is 0 Å². The van der Waals surface area contributed by atoms with E-state index in [1.165, 1.54) is 21.9 Å². The van der Waals surface area contributed by atoms with Crippen LogP contribution in [0.1, 0.15) is 5.69 Å². The lowest BCUT2D eigenvalue weighted by Gasteiger charge is -2.01. The van der Waals surface area contributed by atoms with Gasteiger partial charge < -0.3 is 0 Å². The number of benzene rings is 1. The van der Waals surface area contributed by atoms with Crippen LogP contribution in [0.2, 0.25) is 0 Å². The number of rotatable bonds is 2. The zero-order valence-electron chi connectivity index (χ0n) is 11.8. The molecule has 0 atom stereocenters. The van der Waals surface area contributed by atoms with Crippen molar-refractivity contribution in [1.82, 2.24) is 19.6 Å². The Morgan fingerprint density at radius 3 is 2.77 bits per heavy atom. The molecule has 0 amide bonds. The molecule has 5 nitrogen and oxygen atoms in total. The molecule has 1 N–H and O–H groups in total. The molecule has 1 aromatic carbocycles. The quantitative estimate of drug-likeness (QED) is 0.619. The minimum absolute atomic E-state index is 0.123. The van der Waals surface area contributed by atoms with Crippen LogP contribution < -0.4 is 5.56 Å². The lowest BCUT2D eigenvalue weighted by atomic mass is 10.1. The van der Waals surface area contributed by atoms with E-state index in [9.17, 15) is 4.79 Å². The topological polar surface area (TPSA) is 63.0 Å². The van der Waals surface area contributed by atoms with E-state index in [0.29, 0.717) is 11.3 Å². The van der Waals surface area contributed by atoms with Crippen molar-refractivity contribution in [2.45, 2.75) is 6.92 Å². The van der Waals surface area contributed by atoms with Crippen molar-refractivity contribution in [3.63, 3.8) is 0 Å². The molecule has 0 bridgehead atoms. The van der Waals surface area contributed by atoms with Gasteiger partial charge in [0, 0.05) is 23.3 Å². The van der Waals surface area contributed by atoms with Crippen LogP contribution in [0.5, 0.6) is 0 Å². The van der Waals surface area contributed by atoms with Crippen molar-refractivity contribution < 1.29 is 0 Å². The number of nitrogens with one attached hydrogen (secondary N) is 1. The van der Waals surface area contributed by atoms with E-state index in [2.05, 4.69) is 15.1 Å². The second-order valence-electron chi connectivity index (χ2n) is 4.96. The monoisotopic (exact) mass is 308 g/mol. The van der Waals surface area contributed by atoms with Gasteiger partial charge in [0.15, 0.2) is 5.65 Å². The van der Waals surface area contributed by atoms with Gasteiger partial charge in [-0.3, -0.25) is 9.89 Å². The van der Waals surface area contributed by atoms with Crippen molar-refractivity contribution in [2.24, 2.45) is 0 Å². The highest BCUT2D eigenvalue weighted by atomic mass is 32.1. The number of thiazole rings is 1. The van der Waals surface area contributed by atoms with E-state index in [1.807, 2.05) is 42.6 Å². The Balaban J connectivity index is 2.15. The zero-order chi connectivity index (χ0) is 15.1. The first-order valence-electron chi connectivity index (χ1n) is 6.82. The molecular weight excluding hydrogens is 296 g/mol. The Morgan fingerprint density at radius 1 is 1.23 bits per heavy atom. The lowest BCUT2D eigenvalue weighted by molar-refractivity contribution is 0.893. The SMILES string of the molecule is Cc1cc(=O)n2[nH]c(-c3nccs3)c(-c3ccccc3)c2n1. The van der Waals surface area contributed by atoms with Gasteiger partial charge in [0.25, 0.3) is 5.56 Å². The zero-order valence-corrected chi connectivity index (χ0v) is 12.6. The normalized spacial score (nSPS) is 11.1. The van der Waals surface area contributed by atoms with Crippen molar-refractivity contribution in [3.8, 4) is 21.8 Å². The summed E-state index contributed by atoms with van der Waals surface area (Å²) in [5.74, 6) is 0. The smallest absolute Gasteiger partial charge is 0.272 e. The molecule has 0 fully saturated rings. The molecule has 0 spiro atoms. The molecule has 4 rings (SSSR count). The standard InChI is InChI=1S/C16H12N4OS/c1-10-9-12(21)20-15(18-10)13(11-5-3-2-4-6-11)14(19-20)16-17-7-8-22-16/h2-9,19H,1H3. The number of aryl methyl sites for hydroxylation is 1. The van der Waals surface area contributed by atoms with Crippen LogP contribution in [0, 0.1) is 6.92 Å². The van der Waals surface area contributed by atoms with Gasteiger partial charge in [-0.05, 0) is 12.5 Å². The van der Waals surface area contributed by atoms with Gasteiger partial charge in [-0.1, -0.05) is 30.3 Å². The van der Waals surface area contributed by atoms with Crippen molar-refractivity contribution in [2.75, 3.05) is 0 Å². The predicted octanol–water partition coefficient (Wildman–Crippen LogP) is 3.12. The molecule has 3 heterocycles. The number of aromatic nitrogens is 4. The van der Waals surface area contributed by atoms with Crippen molar-refractivity contribution in [3.05, 3.63) is 64.0 Å². The fraction of sp³-hybridized carbons (Fsp3) is 0.0625. The molecule has 0 saturated heterocycles. The number of aromatic amines is 1. The third-order valence-corrected chi connectivity index (χ3v) is 4.24. The molecule has 6 heteroatoms. The van der Waals surface area contributed by atoms with E-state index in [-0.39, 0.29) is 5.56 Å². The summed E-state index contributed by atoms with van der Waals surface area (Å²) in [7, 11) is 0. The molecule has 108 valence electrons. The van der Waals surface area contributed by atoms with E-state index in [1.54, 1.807) is 6.20 Å². The van der Waals surface area contributed by atoms with Crippen LogP contribution in [0.25, 0.3) is 27.5 Å². The fourth-order valence-corrected chi connectivity index (χ4v) is 3.17. The van der Waals surface area contributed by atoms with Crippen LogP contribution in [-0.2, 0) is 0 Å². The van der Waals surface area contributed by atoms with Gasteiger partial charge in [0.2, 0.25) is 0 Å². The van der Waals surface area contributed by atoms with Crippen LogP contribution in [0.3, 0.4) is 0 Å². The molecule has 4 aromatic rings. The fourth-order valence-electron chi connectivity index (χ4n) is 2.53. The van der Waals surface area contributed by atoms with Crippen LogP contribution in [0.15, 0.2) is 52.8 Å². The van der Waals surface area contributed by atoms with E-state index in [4.69, 9.17) is 0 Å². The Labute approximate surface area is 129 Å². The average molecular weight is 308 g/mol. The van der Waals surface area contributed by atoms with Gasteiger partial charge in [-0.2, -0.15) is 0 Å². The maximum absolute atomic E-state index is 12.2. The maximum atomic E-state index is 12.2. The first kappa shape index (κ1) is 13.0. The van der Waals surface area contributed by atoms with Crippen LogP contribution in [-0.4, -0.2) is 19.6 Å². The predicted molar refractivity (Wildman–Crippen MR) is 87.1 cm³/mol. The number of nitrogens with zero attached hydrogens (tertiary/aromatic N) is 3. The first-order chi connectivity index (χ1) is 10.7. The van der Waals surface area contributed by atoms with Crippen molar-refractivity contribution in [1.29, 1.82) is 0 Å². The molecule has 0 radical (unpaired) electrons. The van der Waals surface area contributed by atoms with Gasteiger partial charge in [0.1, 0.15) is 10.7 Å². The lowest BCUT2D eigenvalue weighted by Crippen LogP contribution is -2.14. The first-order valence-corrected chi connectivity index (χ1v) is 7.69. The van der Waals surface area contributed by atoms with Gasteiger partial charge in [-0.25, -0.2) is 14.5 Å². The number of fused-ring (bicyclic) bond motifs is 1. The molecule has 0 aliphatic rings. The summed E-state index contributed by atoms with van der Waals surface area (Å²) in [4.78, 5) is 21.2. The number of H-pyrrole nitrogens is 1. The summed E-state index contributed by atoms with van der Waals surface area (Å²) in [5.41, 5.74) is 3.92. The largest absolute Gasteiger partial charge is 0.286 e. The minimum Gasteiger partial charge on any atom is -0.286 e. The summed E-state index contributed by atoms with van der Waals surface area (Å²) in [5, 5.41) is 5.90. The molecule has 0 unspecified atom stereocenters. The summed E-state index contributed by atoms with van der Waals surface area (Å²) in [6, 6.07) is 11.4. The Hall–Kier alpha value is -2.73. The number of hydrogen-bond acceptors (Lipinski definition) is 4. The molecular formula is C16H12N4OS. The second-order valence-corrected chi connectivity index (χ2v) is 5.85. The van der Waals surface area contributed by atoms with Crippen LogP contribution >= 0.6 is 11.3 Å². The highest BCUT2D eigenvalue weighted by Crippen LogP contribution is 2.34. The highest BCUT2D eigenvalue weighted by molar-refractivity contribution is 7.13. The molecule has 0 aliphatic heterocycles. The second kappa shape index (κ2) is 4.92.